The number of nitrogens with zero attached hydrogens (tertiary/aromatic N) is 1. The second-order valence-corrected chi connectivity index (χ2v) is 5.47. The lowest BCUT2D eigenvalue weighted by Crippen LogP contribution is -1.99. The maximum absolute atomic E-state index is 5.38. The molecule has 3 aromatic rings. The zero-order chi connectivity index (χ0) is 12.5. The van der Waals surface area contributed by atoms with E-state index in [2.05, 4.69) is 43.7 Å². The molecule has 3 rings (SSSR count). The highest BCUT2D eigenvalue weighted by Crippen LogP contribution is 2.17. The van der Waals surface area contributed by atoms with Crippen LogP contribution in [0.4, 0.5) is 0 Å². The van der Waals surface area contributed by atoms with Crippen LogP contribution in [0.15, 0.2) is 53.0 Å². The summed E-state index contributed by atoms with van der Waals surface area (Å²) in [6.07, 6.45) is 0. The first-order valence-corrected chi connectivity index (χ1v) is 6.86. The van der Waals surface area contributed by atoms with Crippen LogP contribution in [0.3, 0.4) is 0 Å². The topological polar surface area (TPSA) is 20.7 Å². The molecular weight excluding hydrogens is 308 g/mol. The Labute approximate surface area is 118 Å². The van der Waals surface area contributed by atoms with Crippen LogP contribution in [0.5, 0.6) is 0 Å². The fraction of sp³-hybridized carbons (Fsp3) is 0.0714. The average molecular weight is 319 g/mol. The molecule has 18 heavy (non-hydrogen) atoms. The van der Waals surface area contributed by atoms with E-state index in [0.29, 0.717) is 0 Å². The number of imidazole rings is 1. The molecule has 0 saturated carbocycles. The van der Waals surface area contributed by atoms with Gasteiger partial charge in [-0.05, 0) is 42.0 Å². The molecule has 2 nitrogen and oxygen atoms in total. The zero-order valence-corrected chi connectivity index (χ0v) is 12.0. The summed E-state index contributed by atoms with van der Waals surface area (Å²) in [5.74, 6) is 0. The van der Waals surface area contributed by atoms with Crippen LogP contribution in [0, 0.1) is 4.77 Å². The van der Waals surface area contributed by atoms with Gasteiger partial charge in [-0.15, -0.1) is 0 Å². The molecular formula is C14H11BrN2S. The van der Waals surface area contributed by atoms with Crippen LogP contribution in [-0.4, -0.2) is 9.55 Å². The van der Waals surface area contributed by atoms with Crippen LogP contribution in [0.25, 0.3) is 11.0 Å². The van der Waals surface area contributed by atoms with Crippen molar-refractivity contribution in [3.63, 3.8) is 0 Å². The van der Waals surface area contributed by atoms with Crippen LogP contribution < -0.4 is 0 Å². The van der Waals surface area contributed by atoms with Gasteiger partial charge in [-0.3, -0.25) is 0 Å². The Morgan fingerprint density at radius 3 is 2.78 bits per heavy atom. The highest BCUT2D eigenvalue weighted by molar-refractivity contribution is 9.10. The predicted octanol–water partition coefficient (Wildman–Crippen LogP) is 4.51. The number of halogens is 1. The Morgan fingerprint density at radius 1 is 1.11 bits per heavy atom. The molecule has 0 atom stereocenters. The molecule has 0 aliphatic rings. The van der Waals surface area contributed by atoms with Crippen molar-refractivity contribution in [1.82, 2.24) is 9.55 Å². The molecule has 1 N–H and O–H groups in total. The predicted molar refractivity (Wildman–Crippen MR) is 80.4 cm³/mol. The van der Waals surface area contributed by atoms with E-state index in [4.69, 9.17) is 12.2 Å². The standard InChI is InChI=1S/C14H11BrN2S/c15-11-5-3-4-10(8-11)9-17-13-7-2-1-6-12(13)16-14(17)18/h1-8H,9H2,(H,16,18). The molecule has 4 heteroatoms. The summed E-state index contributed by atoms with van der Waals surface area (Å²) in [7, 11) is 0. The number of H-pyrrole nitrogens is 1. The first-order valence-electron chi connectivity index (χ1n) is 5.66. The Hall–Kier alpha value is -1.39. The number of nitrogens with one attached hydrogen (secondary N) is 1. The van der Waals surface area contributed by atoms with Crippen molar-refractivity contribution in [2.75, 3.05) is 0 Å². The summed E-state index contributed by atoms with van der Waals surface area (Å²) < 4.78 is 3.97. The van der Waals surface area contributed by atoms with Crippen LogP contribution in [-0.2, 0) is 6.54 Å². The quantitative estimate of drug-likeness (QED) is 0.689. The first-order chi connectivity index (χ1) is 8.74. The number of aromatic amines is 1. The van der Waals surface area contributed by atoms with Gasteiger partial charge in [0.15, 0.2) is 4.77 Å². The summed E-state index contributed by atoms with van der Waals surface area (Å²) in [5, 5.41) is 0. The third-order valence-corrected chi connectivity index (χ3v) is 3.73. The van der Waals surface area contributed by atoms with Crippen LogP contribution >= 0.6 is 28.1 Å². The van der Waals surface area contributed by atoms with E-state index in [0.717, 1.165) is 26.8 Å². The second kappa shape index (κ2) is 4.71. The maximum Gasteiger partial charge on any atom is 0.178 e. The fourth-order valence-electron chi connectivity index (χ4n) is 2.08. The Kier molecular flexibility index (Phi) is 3.06. The normalized spacial score (nSPS) is 10.9. The summed E-state index contributed by atoms with van der Waals surface area (Å²) in [6.45, 7) is 0.780. The fourth-order valence-corrected chi connectivity index (χ4v) is 2.80. The monoisotopic (exact) mass is 318 g/mol. The summed E-state index contributed by atoms with van der Waals surface area (Å²) in [5.41, 5.74) is 3.45. The van der Waals surface area contributed by atoms with E-state index in [9.17, 15) is 0 Å². The van der Waals surface area contributed by atoms with Gasteiger partial charge in [-0.2, -0.15) is 0 Å². The smallest absolute Gasteiger partial charge is 0.178 e. The molecule has 0 saturated heterocycles. The van der Waals surface area contributed by atoms with Gasteiger partial charge >= 0.3 is 0 Å². The molecule has 0 bridgehead atoms. The van der Waals surface area contributed by atoms with Gasteiger partial charge in [-0.1, -0.05) is 40.2 Å². The van der Waals surface area contributed by atoms with Gasteiger partial charge in [0.2, 0.25) is 0 Å². The van der Waals surface area contributed by atoms with Gasteiger partial charge in [0.25, 0.3) is 0 Å². The minimum Gasteiger partial charge on any atom is -0.331 e. The number of para-hydroxylation sites is 2. The molecule has 0 aliphatic heterocycles. The van der Waals surface area contributed by atoms with E-state index < -0.39 is 0 Å². The Balaban J connectivity index is 2.10. The lowest BCUT2D eigenvalue weighted by Gasteiger charge is -2.05. The summed E-state index contributed by atoms with van der Waals surface area (Å²) >= 11 is 8.87. The van der Waals surface area contributed by atoms with Crippen molar-refractivity contribution < 1.29 is 0 Å². The van der Waals surface area contributed by atoms with Crippen molar-refractivity contribution in [2.24, 2.45) is 0 Å². The highest BCUT2D eigenvalue weighted by Gasteiger charge is 2.04. The van der Waals surface area contributed by atoms with Gasteiger partial charge < -0.3 is 9.55 Å². The molecule has 0 amide bonds. The lowest BCUT2D eigenvalue weighted by atomic mass is 10.2. The molecule has 2 aromatic carbocycles. The second-order valence-electron chi connectivity index (χ2n) is 4.16. The van der Waals surface area contributed by atoms with Crippen molar-refractivity contribution in [3.8, 4) is 0 Å². The largest absolute Gasteiger partial charge is 0.331 e. The van der Waals surface area contributed by atoms with Crippen molar-refractivity contribution in [3.05, 3.63) is 63.3 Å². The van der Waals surface area contributed by atoms with Crippen LogP contribution in [0.2, 0.25) is 0 Å². The van der Waals surface area contributed by atoms with Gasteiger partial charge in [-0.25, -0.2) is 0 Å². The molecule has 0 unspecified atom stereocenters. The van der Waals surface area contributed by atoms with Gasteiger partial charge in [0.05, 0.1) is 17.6 Å². The molecule has 0 radical (unpaired) electrons. The third-order valence-electron chi connectivity index (χ3n) is 2.91. The lowest BCUT2D eigenvalue weighted by molar-refractivity contribution is 0.810. The van der Waals surface area contributed by atoms with Gasteiger partial charge in [0, 0.05) is 4.47 Å². The number of benzene rings is 2. The SMILES string of the molecule is S=c1[nH]c2ccccc2n1Cc1cccc(Br)c1. The number of rotatable bonds is 2. The van der Waals surface area contributed by atoms with E-state index in [-0.39, 0.29) is 0 Å². The van der Waals surface area contributed by atoms with E-state index in [1.54, 1.807) is 0 Å². The number of aromatic nitrogens is 2. The number of fused-ring (bicyclic) bond motifs is 1. The minimum absolute atomic E-state index is 0.760. The number of hydrogen-bond donors (Lipinski definition) is 1. The average Bonchev–Trinajstić information content (AvgIpc) is 2.66. The Morgan fingerprint density at radius 2 is 1.94 bits per heavy atom. The highest BCUT2D eigenvalue weighted by atomic mass is 79.9. The molecule has 90 valence electrons. The van der Waals surface area contributed by atoms with E-state index >= 15 is 0 Å². The molecule has 0 spiro atoms. The molecule has 1 heterocycles. The van der Waals surface area contributed by atoms with E-state index in [1.807, 2.05) is 30.3 Å². The van der Waals surface area contributed by atoms with E-state index in [1.165, 1.54) is 5.56 Å². The molecule has 1 aromatic heterocycles. The van der Waals surface area contributed by atoms with Crippen molar-refractivity contribution in [1.29, 1.82) is 0 Å². The zero-order valence-electron chi connectivity index (χ0n) is 9.56. The summed E-state index contributed by atoms with van der Waals surface area (Å²) in [6, 6.07) is 16.5. The summed E-state index contributed by atoms with van der Waals surface area (Å²) in [4.78, 5) is 3.23. The molecule has 0 aliphatic carbocycles. The van der Waals surface area contributed by atoms with Crippen molar-refractivity contribution in [2.45, 2.75) is 6.54 Å². The molecule has 0 fully saturated rings. The number of hydrogen-bond acceptors (Lipinski definition) is 1. The minimum atomic E-state index is 0.760. The van der Waals surface area contributed by atoms with Crippen LogP contribution in [0.1, 0.15) is 5.56 Å². The Bertz CT molecular complexity index is 758. The van der Waals surface area contributed by atoms with Gasteiger partial charge in [0.1, 0.15) is 0 Å². The van der Waals surface area contributed by atoms with Crippen molar-refractivity contribution >= 4 is 39.2 Å². The maximum atomic E-state index is 5.38. The first kappa shape index (κ1) is 11.7. The third kappa shape index (κ3) is 2.13.